The maximum Gasteiger partial charge on any atom is 0.330 e. The Morgan fingerprint density at radius 3 is 1.85 bits per heavy atom. The number of benzene rings is 3. The summed E-state index contributed by atoms with van der Waals surface area (Å²) in [6.45, 7) is -0.243. The van der Waals surface area contributed by atoms with Crippen LogP contribution in [0.25, 0.3) is 0 Å². The van der Waals surface area contributed by atoms with Crippen molar-refractivity contribution in [1.82, 2.24) is 29.2 Å². The highest BCUT2D eigenvalue weighted by Crippen LogP contribution is 2.45. The number of halogens is 1. The fourth-order valence-corrected chi connectivity index (χ4v) is 7.94. The molecule has 5 heterocycles. The number of rotatable bonds is 14. The van der Waals surface area contributed by atoms with Gasteiger partial charge in [-0.15, -0.1) is 0 Å². The van der Waals surface area contributed by atoms with Crippen molar-refractivity contribution in [2.24, 2.45) is 5.92 Å². The quantitative estimate of drug-likeness (QED) is 0.134. The standard InChI is InChI=1S/C42H41FN6O12/c1-55-26-13-9-24(10-14-26)42(23-7-5-4-6-8-23,25-11-15-27(56-2)16-12-25)58-22-29-28(33(43)38(59-29)48-19-17-31(50)45-40(48)53)21-30-44-37(61-47-30)35-34(52)36(57-3)39(60-35)49-20-18-32(51)46-41(49)54/h4-20,28-29,33-36,38-39,52H,21-22H2,1-3H3,(H,45,50,53)(H,46,51,54)/t28-,29-,33-,34-,35+,36-,38-,39-/m1/s1. The summed E-state index contributed by atoms with van der Waals surface area (Å²) in [5.74, 6) is -0.0459. The first-order valence-electron chi connectivity index (χ1n) is 19.1. The van der Waals surface area contributed by atoms with E-state index in [1.807, 2.05) is 54.6 Å². The van der Waals surface area contributed by atoms with E-state index in [2.05, 4.69) is 20.1 Å². The van der Waals surface area contributed by atoms with E-state index in [1.165, 1.54) is 13.3 Å². The maximum atomic E-state index is 17.0. The number of hydrogen-bond acceptors (Lipinski definition) is 14. The Morgan fingerprint density at radius 1 is 0.754 bits per heavy atom. The molecule has 2 aliphatic heterocycles. The van der Waals surface area contributed by atoms with Crippen LogP contribution >= 0.6 is 0 Å². The molecule has 318 valence electrons. The summed E-state index contributed by atoms with van der Waals surface area (Å²) in [5, 5.41) is 15.3. The second-order valence-electron chi connectivity index (χ2n) is 14.4. The van der Waals surface area contributed by atoms with Gasteiger partial charge < -0.3 is 38.1 Å². The number of aromatic nitrogens is 6. The summed E-state index contributed by atoms with van der Waals surface area (Å²) >= 11 is 0. The van der Waals surface area contributed by atoms with Gasteiger partial charge >= 0.3 is 11.4 Å². The molecule has 3 N–H and O–H groups in total. The highest BCUT2D eigenvalue weighted by molar-refractivity contribution is 5.49. The molecule has 0 bridgehead atoms. The molecule has 61 heavy (non-hydrogen) atoms. The molecule has 3 aromatic heterocycles. The van der Waals surface area contributed by atoms with E-state index in [4.69, 9.17) is 32.9 Å². The Bertz CT molecular complexity index is 2640. The highest BCUT2D eigenvalue weighted by atomic mass is 19.1. The first kappa shape index (κ1) is 41.2. The monoisotopic (exact) mass is 840 g/mol. The summed E-state index contributed by atoms with van der Waals surface area (Å²) in [6.07, 6.45) is -7.29. The normalized spacial score (nSPS) is 23.9. The number of nitrogens with one attached hydrogen (secondary N) is 2. The number of ether oxygens (including phenoxy) is 6. The lowest BCUT2D eigenvalue weighted by Crippen LogP contribution is -2.38. The van der Waals surface area contributed by atoms with Gasteiger partial charge in [0.2, 0.25) is 0 Å². The molecular formula is C42H41FN6O12. The van der Waals surface area contributed by atoms with Crippen LogP contribution in [0.2, 0.25) is 0 Å². The Hall–Kier alpha value is -6.51. The van der Waals surface area contributed by atoms with Crippen LogP contribution in [0, 0.1) is 5.92 Å². The van der Waals surface area contributed by atoms with Crippen molar-refractivity contribution in [2.75, 3.05) is 27.9 Å². The van der Waals surface area contributed by atoms with Gasteiger partial charge in [0.15, 0.2) is 30.6 Å². The van der Waals surface area contributed by atoms with Gasteiger partial charge in [-0.3, -0.25) is 28.7 Å². The largest absolute Gasteiger partial charge is 0.497 e. The molecule has 6 aromatic rings. The van der Waals surface area contributed by atoms with Crippen molar-refractivity contribution >= 4 is 0 Å². The van der Waals surface area contributed by atoms with Gasteiger partial charge in [-0.05, 0) is 41.0 Å². The number of alkyl halides is 1. The van der Waals surface area contributed by atoms with Crippen molar-refractivity contribution in [3.8, 4) is 11.5 Å². The van der Waals surface area contributed by atoms with Crippen molar-refractivity contribution in [3.05, 3.63) is 173 Å². The molecule has 2 aliphatic rings. The van der Waals surface area contributed by atoms with E-state index in [0.717, 1.165) is 33.0 Å². The molecule has 0 saturated carbocycles. The minimum atomic E-state index is -1.88. The van der Waals surface area contributed by atoms with E-state index in [9.17, 15) is 24.3 Å². The fraction of sp³-hybridized carbons (Fsp3) is 0.333. The predicted octanol–water partition coefficient (Wildman–Crippen LogP) is 2.54. The first-order chi connectivity index (χ1) is 29.5. The summed E-state index contributed by atoms with van der Waals surface area (Å²) in [7, 11) is 4.44. The zero-order chi connectivity index (χ0) is 42.8. The zero-order valence-electron chi connectivity index (χ0n) is 33.0. The fourth-order valence-electron chi connectivity index (χ4n) is 7.94. The van der Waals surface area contributed by atoms with Gasteiger partial charge in [0, 0.05) is 44.0 Å². The molecule has 2 fully saturated rings. The highest BCUT2D eigenvalue weighted by Gasteiger charge is 2.51. The number of aliphatic hydroxyl groups excluding tert-OH is 1. The van der Waals surface area contributed by atoms with E-state index < -0.39 is 77.1 Å². The first-order valence-corrected chi connectivity index (χ1v) is 19.1. The number of nitrogens with zero attached hydrogens (tertiary/aromatic N) is 4. The minimum absolute atomic E-state index is 0.000211. The van der Waals surface area contributed by atoms with Gasteiger partial charge in [0.25, 0.3) is 17.0 Å². The van der Waals surface area contributed by atoms with Gasteiger partial charge in [-0.2, -0.15) is 4.98 Å². The third-order valence-electron chi connectivity index (χ3n) is 11.0. The van der Waals surface area contributed by atoms with Crippen LogP contribution in [0.4, 0.5) is 4.39 Å². The third-order valence-corrected chi connectivity index (χ3v) is 11.0. The second kappa shape index (κ2) is 17.2. The lowest BCUT2D eigenvalue weighted by molar-refractivity contribution is -0.0875. The molecule has 8 rings (SSSR count). The van der Waals surface area contributed by atoms with Crippen LogP contribution < -0.4 is 32.0 Å². The van der Waals surface area contributed by atoms with E-state index >= 15 is 4.39 Å². The minimum Gasteiger partial charge on any atom is -0.497 e. The Morgan fingerprint density at radius 2 is 1.31 bits per heavy atom. The summed E-state index contributed by atoms with van der Waals surface area (Å²) in [6, 6.07) is 26.4. The molecule has 0 amide bonds. The van der Waals surface area contributed by atoms with Crippen LogP contribution in [0.15, 0.2) is 127 Å². The predicted molar refractivity (Wildman–Crippen MR) is 211 cm³/mol. The van der Waals surface area contributed by atoms with Crippen LogP contribution in [0.5, 0.6) is 11.5 Å². The van der Waals surface area contributed by atoms with Crippen LogP contribution in [0.3, 0.4) is 0 Å². The van der Waals surface area contributed by atoms with Gasteiger partial charge in [-0.1, -0.05) is 59.8 Å². The van der Waals surface area contributed by atoms with Crippen molar-refractivity contribution in [1.29, 1.82) is 0 Å². The lowest BCUT2D eigenvalue weighted by atomic mass is 9.80. The molecule has 8 atom stereocenters. The smallest absolute Gasteiger partial charge is 0.330 e. The molecule has 0 aliphatic carbocycles. The van der Waals surface area contributed by atoms with Crippen molar-refractivity contribution < 1.29 is 42.4 Å². The number of aromatic amines is 2. The zero-order valence-corrected chi connectivity index (χ0v) is 33.0. The van der Waals surface area contributed by atoms with Gasteiger partial charge in [-0.25, -0.2) is 14.0 Å². The van der Waals surface area contributed by atoms with E-state index in [1.54, 1.807) is 38.5 Å². The molecule has 0 unspecified atom stereocenters. The summed E-state index contributed by atoms with van der Waals surface area (Å²) < 4.78 is 60.3. The van der Waals surface area contributed by atoms with Crippen LogP contribution in [0.1, 0.15) is 47.0 Å². The van der Waals surface area contributed by atoms with Crippen LogP contribution in [-0.4, -0.2) is 86.8 Å². The average molecular weight is 841 g/mol. The van der Waals surface area contributed by atoms with Crippen molar-refractivity contribution in [3.63, 3.8) is 0 Å². The lowest BCUT2D eigenvalue weighted by Gasteiger charge is -2.37. The summed E-state index contributed by atoms with van der Waals surface area (Å²) in [5.41, 5.74) is -2.14. The Labute approximate surface area is 345 Å². The average Bonchev–Trinajstić information content (AvgIpc) is 3.96. The molecule has 0 radical (unpaired) electrons. The SMILES string of the molecule is COc1ccc(C(OC[C@H]2O[C@@H](n3ccc(=O)[nH]c3=O)[C@H](F)[C@@H]2Cc2noc([C@H]3O[C@@H](n4ccc(=O)[nH]c4=O)[C@H](OC)[C@@H]3O)n2)(c2ccccc2)c2ccc(OC)cc2)cc1. The van der Waals surface area contributed by atoms with E-state index in [0.29, 0.717) is 22.6 Å². The number of aliphatic hydroxyl groups is 1. The third kappa shape index (κ3) is 7.84. The number of methoxy groups -OCH3 is 3. The Kier molecular flexibility index (Phi) is 11.6. The Balaban J connectivity index is 1.15. The molecular weight excluding hydrogens is 799 g/mol. The topological polar surface area (TPSA) is 224 Å². The maximum absolute atomic E-state index is 17.0. The van der Waals surface area contributed by atoms with Gasteiger partial charge in [0.1, 0.15) is 29.3 Å². The number of hydrogen-bond donors (Lipinski definition) is 3. The molecule has 18 nitrogen and oxygen atoms in total. The molecule has 2 saturated heterocycles. The van der Waals surface area contributed by atoms with E-state index in [-0.39, 0.29) is 24.7 Å². The molecule has 0 spiro atoms. The second-order valence-corrected chi connectivity index (χ2v) is 14.4. The van der Waals surface area contributed by atoms with Gasteiger partial charge in [0.05, 0.1) is 26.9 Å². The molecule has 19 heteroatoms. The molecule has 3 aromatic carbocycles. The summed E-state index contributed by atoms with van der Waals surface area (Å²) in [4.78, 5) is 58.0. The van der Waals surface area contributed by atoms with Crippen LogP contribution in [-0.2, 0) is 31.0 Å². The van der Waals surface area contributed by atoms with Crippen molar-refractivity contribution in [2.45, 2.75) is 55.1 Å². The number of H-pyrrole nitrogens is 2.